The fraction of sp³-hybridized carbons (Fsp3) is 0.857. The third-order valence-corrected chi connectivity index (χ3v) is 1.45. The summed E-state index contributed by atoms with van der Waals surface area (Å²) >= 11 is 0. The molecule has 0 saturated carbocycles. The molecule has 2 heteroatoms. The zero-order chi connectivity index (χ0) is 7.28. The van der Waals surface area contributed by atoms with Crippen LogP contribution in [0.15, 0.2) is 0 Å². The summed E-state index contributed by atoms with van der Waals surface area (Å²) in [6.07, 6.45) is 1.53. The monoisotopic (exact) mass is 130 g/mol. The number of hydrogen-bond donors (Lipinski definition) is 1. The molecule has 0 saturated heterocycles. The highest BCUT2D eigenvalue weighted by Gasteiger charge is 2.04. The van der Waals surface area contributed by atoms with Crippen molar-refractivity contribution in [2.45, 2.75) is 26.7 Å². The molecule has 0 spiro atoms. The molecule has 0 rings (SSSR count). The van der Waals surface area contributed by atoms with Crippen LogP contribution in [0.3, 0.4) is 0 Å². The van der Waals surface area contributed by atoms with Crippen LogP contribution in [0.4, 0.5) is 0 Å². The molecule has 54 valence electrons. The molecule has 0 bridgehead atoms. The number of carbonyl (C=O) groups is 1. The number of aliphatic hydroxyl groups excluding tert-OH is 1. The number of hydrogen-bond acceptors (Lipinski definition) is 2. The molecule has 0 aromatic carbocycles. The first-order valence-electron chi connectivity index (χ1n) is 3.33. The second-order valence-electron chi connectivity index (χ2n) is 2.41. The lowest BCUT2D eigenvalue weighted by Crippen LogP contribution is -2.08. The fourth-order valence-corrected chi connectivity index (χ4v) is 0.598. The van der Waals surface area contributed by atoms with E-state index >= 15 is 0 Å². The van der Waals surface area contributed by atoms with Crippen LogP contribution in [0.25, 0.3) is 0 Å². The maximum Gasteiger partial charge on any atom is 0.158 e. The predicted molar refractivity (Wildman–Crippen MR) is 36.2 cm³/mol. The normalized spacial score (nSPS) is 13.2. The Morgan fingerprint density at radius 1 is 1.67 bits per heavy atom. The Labute approximate surface area is 55.9 Å². The van der Waals surface area contributed by atoms with Gasteiger partial charge in [0.15, 0.2) is 5.78 Å². The minimum atomic E-state index is -0.301. The summed E-state index contributed by atoms with van der Waals surface area (Å²) in [5.41, 5.74) is 0. The Morgan fingerprint density at radius 2 is 2.22 bits per heavy atom. The summed E-state index contributed by atoms with van der Waals surface area (Å²) in [5, 5.41) is 8.33. The molecule has 2 nitrogen and oxygen atoms in total. The third-order valence-electron chi connectivity index (χ3n) is 1.45. The van der Waals surface area contributed by atoms with Crippen molar-refractivity contribution < 1.29 is 9.90 Å². The number of rotatable bonds is 4. The van der Waals surface area contributed by atoms with Gasteiger partial charge in [0.25, 0.3) is 0 Å². The highest BCUT2D eigenvalue weighted by Crippen LogP contribution is 2.05. The van der Waals surface area contributed by atoms with E-state index in [4.69, 9.17) is 5.11 Å². The summed E-state index contributed by atoms with van der Waals surface area (Å²) in [6, 6.07) is 0. The molecule has 0 aliphatic heterocycles. The molecular weight excluding hydrogens is 116 g/mol. The summed E-state index contributed by atoms with van der Waals surface area (Å²) < 4.78 is 0. The van der Waals surface area contributed by atoms with Crippen LogP contribution >= 0.6 is 0 Å². The van der Waals surface area contributed by atoms with Gasteiger partial charge in [0, 0.05) is 6.42 Å². The average molecular weight is 130 g/mol. The van der Waals surface area contributed by atoms with Crippen molar-refractivity contribution in [3.8, 4) is 0 Å². The summed E-state index contributed by atoms with van der Waals surface area (Å²) in [6.45, 7) is 3.74. The van der Waals surface area contributed by atoms with E-state index < -0.39 is 0 Å². The standard InChI is InChI=1S/C7H14O2/c1-3-6(2)4-7(9)5-8/h6,8H,3-5H2,1-2H3/t6-/m0/s1. The SMILES string of the molecule is CC[C@H](C)CC(=O)CO. The third kappa shape index (κ3) is 4.15. The number of Topliss-reactive ketones (excluding diaryl/α,β-unsaturated/α-hetero) is 1. The lowest BCUT2D eigenvalue weighted by Gasteiger charge is -2.03. The van der Waals surface area contributed by atoms with Crippen LogP contribution in [0.5, 0.6) is 0 Å². The van der Waals surface area contributed by atoms with E-state index in [9.17, 15) is 4.79 Å². The Morgan fingerprint density at radius 3 is 2.56 bits per heavy atom. The molecular formula is C7H14O2. The van der Waals surface area contributed by atoms with Gasteiger partial charge in [-0.2, -0.15) is 0 Å². The second-order valence-corrected chi connectivity index (χ2v) is 2.41. The Kier molecular flexibility index (Phi) is 4.32. The topological polar surface area (TPSA) is 37.3 Å². The highest BCUT2D eigenvalue weighted by molar-refractivity contribution is 5.79. The van der Waals surface area contributed by atoms with Crippen LogP contribution in [0.1, 0.15) is 26.7 Å². The predicted octanol–water partition coefficient (Wildman–Crippen LogP) is 0.984. The first-order valence-corrected chi connectivity index (χ1v) is 3.33. The number of carbonyl (C=O) groups excluding carboxylic acids is 1. The second kappa shape index (κ2) is 4.50. The molecule has 9 heavy (non-hydrogen) atoms. The van der Waals surface area contributed by atoms with Gasteiger partial charge in [-0.15, -0.1) is 0 Å². The number of ketones is 1. The highest BCUT2D eigenvalue weighted by atomic mass is 16.3. The summed E-state index contributed by atoms with van der Waals surface area (Å²) in [7, 11) is 0. The number of aliphatic hydroxyl groups is 1. The zero-order valence-corrected chi connectivity index (χ0v) is 6.05. The van der Waals surface area contributed by atoms with Crippen LogP contribution in [-0.4, -0.2) is 17.5 Å². The van der Waals surface area contributed by atoms with Crippen molar-refractivity contribution in [3.05, 3.63) is 0 Å². The van der Waals surface area contributed by atoms with E-state index in [1.165, 1.54) is 0 Å². The average Bonchev–Trinajstić information content (AvgIpc) is 1.87. The molecule has 0 fully saturated rings. The maximum atomic E-state index is 10.5. The van der Waals surface area contributed by atoms with E-state index in [1.807, 2.05) is 13.8 Å². The molecule has 0 aromatic heterocycles. The Hall–Kier alpha value is -0.370. The molecule has 1 N–H and O–H groups in total. The Balaban J connectivity index is 3.34. The molecule has 0 heterocycles. The first kappa shape index (κ1) is 8.63. The van der Waals surface area contributed by atoms with E-state index in [0.717, 1.165) is 6.42 Å². The van der Waals surface area contributed by atoms with Crippen LogP contribution < -0.4 is 0 Å². The van der Waals surface area contributed by atoms with Gasteiger partial charge in [-0.1, -0.05) is 20.3 Å². The van der Waals surface area contributed by atoms with Crippen LogP contribution in [0.2, 0.25) is 0 Å². The van der Waals surface area contributed by atoms with Gasteiger partial charge in [0.05, 0.1) is 0 Å². The van der Waals surface area contributed by atoms with E-state index in [-0.39, 0.29) is 12.4 Å². The van der Waals surface area contributed by atoms with Crippen molar-refractivity contribution in [1.29, 1.82) is 0 Å². The minimum absolute atomic E-state index is 0.0515. The van der Waals surface area contributed by atoms with Gasteiger partial charge < -0.3 is 5.11 Å². The summed E-state index contributed by atoms with van der Waals surface area (Å²) in [5.74, 6) is 0.369. The van der Waals surface area contributed by atoms with Gasteiger partial charge in [-0.3, -0.25) is 4.79 Å². The van der Waals surface area contributed by atoms with Gasteiger partial charge in [0.1, 0.15) is 6.61 Å². The van der Waals surface area contributed by atoms with Crippen molar-refractivity contribution in [1.82, 2.24) is 0 Å². The van der Waals surface area contributed by atoms with Crippen molar-refractivity contribution >= 4 is 5.78 Å². The molecule has 0 radical (unpaired) electrons. The lowest BCUT2D eigenvalue weighted by molar-refractivity contribution is -0.122. The van der Waals surface area contributed by atoms with E-state index in [0.29, 0.717) is 12.3 Å². The van der Waals surface area contributed by atoms with Gasteiger partial charge >= 0.3 is 0 Å². The molecule has 0 unspecified atom stereocenters. The smallest absolute Gasteiger partial charge is 0.158 e. The van der Waals surface area contributed by atoms with Crippen molar-refractivity contribution in [2.24, 2.45) is 5.92 Å². The lowest BCUT2D eigenvalue weighted by atomic mass is 10.0. The maximum absolute atomic E-state index is 10.5. The van der Waals surface area contributed by atoms with Crippen molar-refractivity contribution in [2.75, 3.05) is 6.61 Å². The molecule has 1 atom stereocenters. The van der Waals surface area contributed by atoms with Gasteiger partial charge in [-0.05, 0) is 5.92 Å². The first-order chi connectivity index (χ1) is 4.20. The van der Waals surface area contributed by atoms with E-state index in [1.54, 1.807) is 0 Å². The Bertz CT molecular complexity index is 88.9. The fourth-order valence-electron chi connectivity index (χ4n) is 0.598. The van der Waals surface area contributed by atoms with E-state index in [2.05, 4.69) is 0 Å². The van der Waals surface area contributed by atoms with Crippen LogP contribution in [-0.2, 0) is 4.79 Å². The molecule has 0 amide bonds. The van der Waals surface area contributed by atoms with Gasteiger partial charge in [0.2, 0.25) is 0 Å². The minimum Gasteiger partial charge on any atom is -0.389 e. The van der Waals surface area contributed by atoms with Crippen molar-refractivity contribution in [3.63, 3.8) is 0 Å². The quantitative estimate of drug-likeness (QED) is 0.616. The zero-order valence-electron chi connectivity index (χ0n) is 6.05. The molecule has 0 aliphatic carbocycles. The summed E-state index contributed by atoms with van der Waals surface area (Å²) in [4.78, 5) is 10.5. The molecule has 0 aliphatic rings. The van der Waals surface area contributed by atoms with Crippen LogP contribution in [0, 0.1) is 5.92 Å². The largest absolute Gasteiger partial charge is 0.389 e. The van der Waals surface area contributed by atoms with Gasteiger partial charge in [-0.25, -0.2) is 0 Å². The molecule has 0 aromatic rings.